The van der Waals surface area contributed by atoms with Crippen molar-refractivity contribution < 1.29 is 9.53 Å². The Hall–Kier alpha value is -1.52. The normalized spacial score (nSPS) is 10.1. The Morgan fingerprint density at radius 3 is 2.65 bits per heavy atom. The fourth-order valence-electron chi connectivity index (χ4n) is 1.62. The van der Waals surface area contributed by atoms with Gasteiger partial charge in [0.15, 0.2) is 0 Å². The molecule has 0 saturated heterocycles. The number of nitrogens with one attached hydrogen (secondary N) is 1. The highest BCUT2D eigenvalue weighted by Gasteiger charge is 2.09. The van der Waals surface area contributed by atoms with Crippen LogP contribution in [0.25, 0.3) is 0 Å². The molecule has 0 fully saturated rings. The number of carbonyl (C=O) groups excluding carboxylic acids is 1. The Kier molecular flexibility index (Phi) is 5.44. The molecule has 0 heterocycles. The molecule has 0 aromatic heterocycles. The topological polar surface area (TPSA) is 38.3 Å². The van der Waals surface area contributed by atoms with E-state index in [-0.39, 0.29) is 5.91 Å². The highest BCUT2D eigenvalue weighted by molar-refractivity contribution is 9.10. The van der Waals surface area contributed by atoms with E-state index in [1.807, 2.05) is 30.3 Å². The molecule has 2 aromatic carbocycles. The summed E-state index contributed by atoms with van der Waals surface area (Å²) in [6, 6.07) is 14.5. The van der Waals surface area contributed by atoms with Crippen molar-refractivity contribution >= 4 is 33.4 Å². The zero-order valence-corrected chi connectivity index (χ0v) is 12.9. The van der Waals surface area contributed by atoms with Crippen LogP contribution in [-0.2, 0) is 0 Å². The van der Waals surface area contributed by atoms with E-state index in [4.69, 9.17) is 16.3 Å². The number of halogens is 2. The van der Waals surface area contributed by atoms with Crippen molar-refractivity contribution in [2.24, 2.45) is 0 Å². The van der Waals surface area contributed by atoms with Crippen molar-refractivity contribution in [3.05, 3.63) is 63.6 Å². The zero-order valence-electron chi connectivity index (χ0n) is 10.6. The highest BCUT2D eigenvalue weighted by Crippen LogP contribution is 2.21. The Bertz CT molecular complexity index is 590. The quantitative estimate of drug-likeness (QED) is 0.827. The molecule has 0 spiro atoms. The average Bonchev–Trinajstić information content (AvgIpc) is 2.44. The van der Waals surface area contributed by atoms with Gasteiger partial charge >= 0.3 is 0 Å². The maximum atomic E-state index is 11.9. The van der Waals surface area contributed by atoms with Gasteiger partial charge in [0.25, 0.3) is 5.91 Å². The SMILES string of the molecule is O=C(NCCOc1ccccc1)c1ccc(Cl)cc1Br. The van der Waals surface area contributed by atoms with Crippen molar-refractivity contribution in [2.75, 3.05) is 13.2 Å². The van der Waals surface area contributed by atoms with E-state index in [1.54, 1.807) is 18.2 Å². The van der Waals surface area contributed by atoms with E-state index < -0.39 is 0 Å². The van der Waals surface area contributed by atoms with E-state index in [0.29, 0.717) is 28.2 Å². The zero-order chi connectivity index (χ0) is 14.4. The molecule has 1 amide bonds. The Labute approximate surface area is 131 Å². The maximum absolute atomic E-state index is 11.9. The lowest BCUT2D eigenvalue weighted by atomic mass is 10.2. The van der Waals surface area contributed by atoms with Gasteiger partial charge in [-0.3, -0.25) is 4.79 Å². The lowest BCUT2D eigenvalue weighted by molar-refractivity contribution is 0.0946. The predicted molar refractivity (Wildman–Crippen MR) is 83.4 cm³/mol. The van der Waals surface area contributed by atoms with Gasteiger partial charge in [-0.1, -0.05) is 29.8 Å². The minimum Gasteiger partial charge on any atom is -0.492 e. The Balaban J connectivity index is 1.80. The standard InChI is InChI=1S/C15H13BrClNO2/c16-14-10-11(17)6-7-13(14)15(19)18-8-9-20-12-4-2-1-3-5-12/h1-7,10H,8-9H2,(H,18,19). The Morgan fingerprint density at radius 1 is 1.20 bits per heavy atom. The van der Waals surface area contributed by atoms with Gasteiger partial charge in [-0.2, -0.15) is 0 Å². The fourth-order valence-corrected chi connectivity index (χ4v) is 2.48. The van der Waals surface area contributed by atoms with Gasteiger partial charge < -0.3 is 10.1 Å². The first-order valence-electron chi connectivity index (χ1n) is 6.08. The number of rotatable bonds is 5. The van der Waals surface area contributed by atoms with Crippen LogP contribution in [0.15, 0.2) is 53.0 Å². The number of hydrogen-bond acceptors (Lipinski definition) is 2. The summed E-state index contributed by atoms with van der Waals surface area (Å²) in [5.41, 5.74) is 0.550. The second-order valence-corrected chi connectivity index (χ2v) is 5.33. The summed E-state index contributed by atoms with van der Waals surface area (Å²) >= 11 is 9.15. The third-order valence-corrected chi connectivity index (χ3v) is 3.47. The average molecular weight is 355 g/mol. The molecule has 3 nitrogen and oxygen atoms in total. The summed E-state index contributed by atoms with van der Waals surface area (Å²) in [6.07, 6.45) is 0. The first-order chi connectivity index (χ1) is 9.66. The lowest BCUT2D eigenvalue weighted by Crippen LogP contribution is -2.28. The van der Waals surface area contributed by atoms with Crippen LogP contribution in [0.5, 0.6) is 5.75 Å². The van der Waals surface area contributed by atoms with Gasteiger partial charge in [-0.05, 0) is 46.3 Å². The molecular weight excluding hydrogens is 342 g/mol. The van der Waals surface area contributed by atoms with Gasteiger partial charge in [0.1, 0.15) is 12.4 Å². The van der Waals surface area contributed by atoms with E-state index in [0.717, 1.165) is 5.75 Å². The van der Waals surface area contributed by atoms with Crippen molar-refractivity contribution in [3.8, 4) is 5.75 Å². The van der Waals surface area contributed by atoms with Crippen LogP contribution in [0.3, 0.4) is 0 Å². The smallest absolute Gasteiger partial charge is 0.252 e. The van der Waals surface area contributed by atoms with Crippen molar-refractivity contribution in [3.63, 3.8) is 0 Å². The molecule has 0 bridgehead atoms. The van der Waals surface area contributed by atoms with Gasteiger partial charge in [0, 0.05) is 9.50 Å². The second-order valence-electron chi connectivity index (χ2n) is 4.04. The monoisotopic (exact) mass is 353 g/mol. The minimum atomic E-state index is -0.162. The van der Waals surface area contributed by atoms with E-state index in [9.17, 15) is 4.79 Å². The first kappa shape index (κ1) is 14.9. The predicted octanol–water partition coefficient (Wildman–Crippen LogP) is 3.91. The summed E-state index contributed by atoms with van der Waals surface area (Å²) < 4.78 is 6.17. The van der Waals surface area contributed by atoms with Crippen LogP contribution in [0, 0.1) is 0 Å². The van der Waals surface area contributed by atoms with E-state index in [2.05, 4.69) is 21.2 Å². The number of hydrogen-bond donors (Lipinski definition) is 1. The molecule has 0 aliphatic rings. The van der Waals surface area contributed by atoms with E-state index in [1.165, 1.54) is 0 Å². The van der Waals surface area contributed by atoms with Gasteiger partial charge in [-0.25, -0.2) is 0 Å². The molecule has 104 valence electrons. The highest BCUT2D eigenvalue weighted by atomic mass is 79.9. The molecular formula is C15H13BrClNO2. The van der Waals surface area contributed by atoms with Crippen LogP contribution < -0.4 is 10.1 Å². The molecule has 2 rings (SSSR count). The van der Waals surface area contributed by atoms with E-state index >= 15 is 0 Å². The molecule has 2 aromatic rings. The van der Waals surface area contributed by atoms with Gasteiger partial charge in [0.05, 0.1) is 12.1 Å². The molecule has 20 heavy (non-hydrogen) atoms. The number of amides is 1. The van der Waals surface area contributed by atoms with Crippen LogP contribution in [0.1, 0.15) is 10.4 Å². The molecule has 0 aliphatic carbocycles. The summed E-state index contributed by atoms with van der Waals surface area (Å²) in [5.74, 6) is 0.625. The maximum Gasteiger partial charge on any atom is 0.252 e. The number of carbonyl (C=O) groups is 1. The van der Waals surface area contributed by atoms with Crippen LogP contribution in [-0.4, -0.2) is 19.1 Å². The molecule has 1 N–H and O–H groups in total. The fraction of sp³-hybridized carbons (Fsp3) is 0.133. The van der Waals surface area contributed by atoms with Crippen molar-refractivity contribution in [1.82, 2.24) is 5.32 Å². The molecule has 5 heteroatoms. The van der Waals surface area contributed by atoms with Crippen LogP contribution >= 0.6 is 27.5 Å². The summed E-state index contributed by atoms with van der Waals surface area (Å²) in [6.45, 7) is 0.851. The molecule has 0 saturated carbocycles. The molecule has 0 unspecified atom stereocenters. The number of ether oxygens (including phenoxy) is 1. The molecule has 0 atom stereocenters. The third kappa shape index (κ3) is 4.25. The van der Waals surface area contributed by atoms with Gasteiger partial charge in [0.2, 0.25) is 0 Å². The van der Waals surface area contributed by atoms with Crippen LogP contribution in [0.2, 0.25) is 5.02 Å². The summed E-state index contributed by atoms with van der Waals surface area (Å²) in [7, 11) is 0. The number of para-hydroxylation sites is 1. The Morgan fingerprint density at radius 2 is 1.95 bits per heavy atom. The molecule has 0 radical (unpaired) electrons. The first-order valence-corrected chi connectivity index (χ1v) is 7.25. The second kappa shape index (κ2) is 7.31. The van der Waals surface area contributed by atoms with Crippen molar-refractivity contribution in [2.45, 2.75) is 0 Å². The molecule has 0 aliphatic heterocycles. The largest absolute Gasteiger partial charge is 0.492 e. The summed E-state index contributed by atoms with van der Waals surface area (Å²) in [5, 5.41) is 3.38. The van der Waals surface area contributed by atoms with Crippen LogP contribution in [0.4, 0.5) is 0 Å². The van der Waals surface area contributed by atoms with Gasteiger partial charge in [-0.15, -0.1) is 0 Å². The minimum absolute atomic E-state index is 0.162. The van der Waals surface area contributed by atoms with Crippen molar-refractivity contribution in [1.29, 1.82) is 0 Å². The lowest BCUT2D eigenvalue weighted by Gasteiger charge is -2.08. The number of benzene rings is 2. The third-order valence-electron chi connectivity index (χ3n) is 2.58. The summed E-state index contributed by atoms with van der Waals surface area (Å²) in [4.78, 5) is 11.9.